The van der Waals surface area contributed by atoms with Crippen molar-refractivity contribution >= 4 is 17.3 Å². The third-order valence-corrected chi connectivity index (χ3v) is 3.64. The number of aromatic nitrogens is 2. The molecule has 0 aliphatic rings. The summed E-state index contributed by atoms with van der Waals surface area (Å²) in [6.07, 6.45) is 5.10. The van der Waals surface area contributed by atoms with E-state index in [1.54, 1.807) is 27.6 Å². The standard InChI is InChI=1S/C18H24N4O2/c1-4-10-19-17(23)16-20-15(14-9-7-8-13-22(14)16)18(24)21(11-5-2)12-6-3/h4,7-9,13H,1,5-6,10-12H2,2-3H3,(H,19,23). The third-order valence-electron chi connectivity index (χ3n) is 3.64. The van der Waals surface area contributed by atoms with Crippen molar-refractivity contribution in [3.8, 4) is 0 Å². The summed E-state index contributed by atoms with van der Waals surface area (Å²) >= 11 is 0. The van der Waals surface area contributed by atoms with Crippen LogP contribution < -0.4 is 5.32 Å². The summed E-state index contributed by atoms with van der Waals surface area (Å²) in [4.78, 5) is 31.3. The van der Waals surface area contributed by atoms with Crippen LogP contribution in [-0.2, 0) is 0 Å². The van der Waals surface area contributed by atoms with Gasteiger partial charge in [0.25, 0.3) is 11.8 Å². The van der Waals surface area contributed by atoms with Gasteiger partial charge in [0.05, 0.1) is 5.52 Å². The van der Waals surface area contributed by atoms with Crippen LogP contribution in [0.25, 0.3) is 5.52 Å². The average molecular weight is 328 g/mol. The van der Waals surface area contributed by atoms with E-state index in [4.69, 9.17) is 0 Å². The molecule has 0 atom stereocenters. The first-order valence-electron chi connectivity index (χ1n) is 8.29. The van der Waals surface area contributed by atoms with E-state index < -0.39 is 0 Å². The van der Waals surface area contributed by atoms with Crippen molar-refractivity contribution in [3.63, 3.8) is 0 Å². The van der Waals surface area contributed by atoms with Gasteiger partial charge < -0.3 is 10.2 Å². The highest BCUT2D eigenvalue weighted by Gasteiger charge is 2.24. The highest BCUT2D eigenvalue weighted by atomic mass is 16.2. The molecule has 6 heteroatoms. The second-order valence-corrected chi connectivity index (χ2v) is 5.53. The summed E-state index contributed by atoms with van der Waals surface area (Å²) in [7, 11) is 0. The summed E-state index contributed by atoms with van der Waals surface area (Å²) in [5, 5.41) is 2.71. The fourth-order valence-electron chi connectivity index (χ4n) is 2.60. The molecule has 0 fully saturated rings. The number of imidazole rings is 1. The van der Waals surface area contributed by atoms with E-state index in [1.807, 2.05) is 26.0 Å². The second-order valence-electron chi connectivity index (χ2n) is 5.53. The van der Waals surface area contributed by atoms with Crippen molar-refractivity contribution in [2.75, 3.05) is 19.6 Å². The van der Waals surface area contributed by atoms with Crippen LogP contribution in [0, 0.1) is 0 Å². The Morgan fingerprint density at radius 2 is 2.00 bits per heavy atom. The quantitative estimate of drug-likeness (QED) is 0.757. The number of hydrogen-bond acceptors (Lipinski definition) is 3. The first kappa shape index (κ1) is 17.7. The molecule has 0 spiro atoms. The lowest BCUT2D eigenvalue weighted by molar-refractivity contribution is 0.0752. The van der Waals surface area contributed by atoms with Crippen molar-refractivity contribution in [1.82, 2.24) is 19.6 Å². The van der Waals surface area contributed by atoms with Gasteiger partial charge in [-0.05, 0) is 25.0 Å². The minimum Gasteiger partial charge on any atom is -0.346 e. The molecular formula is C18H24N4O2. The molecule has 2 aromatic rings. The zero-order valence-electron chi connectivity index (χ0n) is 14.3. The van der Waals surface area contributed by atoms with Crippen molar-refractivity contribution in [2.24, 2.45) is 0 Å². The van der Waals surface area contributed by atoms with Crippen LogP contribution >= 0.6 is 0 Å². The Hall–Kier alpha value is -2.63. The topological polar surface area (TPSA) is 66.7 Å². The first-order valence-corrected chi connectivity index (χ1v) is 8.29. The number of nitrogens with zero attached hydrogens (tertiary/aromatic N) is 3. The van der Waals surface area contributed by atoms with E-state index in [-0.39, 0.29) is 17.6 Å². The molecule has 0 saturated heterocycles. The molecule has 0 aliphatic heterocycles. The number of carbonyl (C=O) groups excluding carboxylic acids is 2. The molecule has 0 radical (unpaired) electrons. The highest BCUT2D eigenvalue weighted by Crippen LogP contribution is 2.16. The maximum Gasteiger partial charge on any atom is 0.287 e. The van der Waals surface area contributed by atoms with Gasteiger partial charge in [-0.3, -0.25) is 14.0 Å². The predicted octanol–water partition coefficient (Wildman–Crippen LogP) is 2.51. The Morgan fingerprint density at radius 3 is 2.62 bits per heavy atom. The van der Waals surface area contributed by atoms with E-state index in [2.05, 4.69) is 16.9 Å². The Bertz CT molecular complexity index is 730. The smallest absolute Gasteiger partial charge is 0.287 e. The van der Waals surface area contributed by atoms with Gasteiger partial charge in [0.1, 0.15) is 0 Å². The number of rotatable bonds is 8. The average Bonchev–Trinajstić information content (AvgIpc) is 2.98. The Labute approximate surface area is 142 Å². The number of amides is 2. The van der Waals surface area contributed by atoms with Crippen molar-refractivity contribution in [3.05, 3.63) is 48.6 Å². The van der Waals surface area contributed by atoms with E-state index in [0.29, 0.717) is 30.8 Å². The SMILES string of the molecule is C=CCNC(=O)c1nc(C(=O)N(CCC)CCC)c2ccccn12. The normalized spacial score (nSPS) is 10.6. The third kappa shape index (κ3) is 3.64. The van der Waals surface area contributed by atoms with Gasteiger partial charge in [-0.25, -0.2) is 4.98 Å². The van der Waals surface area contributed by atoms with E-state index in [1.165, 1.54) is 0 Å². The van der Waals surface area contributed by atoms with Crippen molar-refractivity contribution in [2.45, 2.75) is 26.7 Å². The predicted molar refractivity (Wildman–Crippen MR) is 94.2 cm³/mol. The molecule has 6 nitrogen and oxygen atoms in total. The highest BCUT2D eigenvalue weighted by molar-refractivity contribution is 6.02. The first-order chi connectivity index (χ1) is 11.6. The van der Waals surface area contributed by atoms with E-state index in [0.717, 1.165) is 12.8 Å². The van der Waals surface area contributed by atoms with Crippen molar-refractivity contribution < 1.29 is 9.59 Å². The van der Waals surface area contributed by atoms with E-state index >= 15 is 0 Å². The summed E-state index contributed by atoms with van der Waals surface area (Å²) in [5.41, 5.74) is 0.963. The molecule has 0 bridgehead atoms. The molecular weight excluding hydrogens is 304 g/mol. The van der Waals surface area contributed by atoms with Crippen LogP contribution in [0.2, 0.25) is 0 Å². The van der Waals surface area contributed by atoms with Gasteiger partial charge in [0.2, 0.25) is 5.82 Å². The van der Waals surface area contributed by atoms with Gasteiger partial charge >= 0.3 is 0 Å². The maximum absolute atomic E-state index is 12.9. The lowest BCUT2D eigenvalue weighted by atomic mass is 10.2. The van der Waals surface area contributed by atoms with Crippen molar-refractivity contribution in [1.29, 1.82) is 0 Å². The van der Waals surface area contributed by atoms with Crippen LogP contribution in [0.1, 0.15) is 47.8 Å². The molecule has 0 unspecified atom stereocenters. The maximum atomic E-state index is 12.9. The van der Waals surface area contributed by atoms with Gasteiger partial charge in [0, 0.05) is 25.8 Å². The van der Waals surface area contributed by atoms with E-state index in [9.17, 15) is 9.59 Å². The molecule has 0 aromatic carbocycles. The monoisotopic (exact) mass is 328 g/mol. The number of hydrogen-bond donors (Lipinski definition) is 1. The number of carbonyl (C=O) groups is 2. The number of nitrogens with one attached hydrogen (secondary N) is 1. The molecule has 2 aromatic heterocycles. The second kappa shape index (κ2) is 8.29. The Kier molecular flexibility index (Phi) is 6.12. The molecule has 0 saturated carbocycles. The molecule has 0 aliphatic carbocycles. The van der Waals surface area contributed by atoms with Gasteiger partial charge in [0.15, 0.2) is 5.69 Å². The molecule has 1 N–H and O–H groups in total. The number of fused-ring (bicyclic) bond motifs is 1. The fourth-order valence-corrected chi connectivity index (χ4v) is 2.60. The molecule has 2 rings (SSSR count). The zero-order chi connectivity index (χ0) is 17.5. The molecule has 128 valence electrons. The van der Waals surface area contributed by atoms with Crippen LogP contribution in [0.3, 0.4) is 0 Å². The lowest BCUT2D eigenvalue weighted by Gasteiger charge is -2.20. The fraction of sp³-hybridized carbons (Fsp3) is 0.389. The Morgan fingerprint density at radius 1 is 1.29 bits per heavy atom. The van der Waals surface area contributed by atoms with Crippen LogP contribution in [0.5, 0.6) is 0 Å². The van der Waals surface area contributed by atoms with Crippen LogP contribution in [-0.4, -0.2) is 45.7 Å². The minimum absolute atomic E-state index is 0.134. The van der Waals surface area contributed by atoms with Crippen LogP contribution in [0.15, 0.2) is 37.1 Å². The molecule has 2 heterocycles. The summed E-state index contributed by atoms with van der Waals surface area (Å²) < 4.78 is 1.65. The van der Waals surface area contributed by atoms with Gasteiger partial charge in [-0.1, -0.05) is 26.0 Å². The van der Waals surface area contributed by atoms with Gasteiger partial charge in [-0.2, -0.15) is 0 Å². The number of pyridine rings is 1. The minimum atomic E-state index is -0.326. The van der Waals surface area contributed by atoms with Crippen LogP contribution in [0.4, 0.5) is 0 Å². The summed E-state index contributed by atoms with van der Waals surface area (Å²) in [6, 6.07) is 5.45. The zero-order valence-corrected chi connectivity index (χ0v) is 14.3. The summed E-state index contributed by atoms with van der Waals surface area (Å²) in [6.45, 7) is 9.36. The lowest BCUT2D eigenvalue weighted by Crippen LogP contribution is -2.33. The Balaban J connectivity index is 2.45. The van der Waals surface area contributed by atoms with Gasteiger partial charge in [-0.15, -0.1) is 6.58 Å². The molecule has 2 amide bonds. The molecule has 24 heavy (non-hydrogen) atoms. The summed E-state index contributed by atoms with van der Waals surface area (Å²) in [5.74, 6) is -0.249. The largest absolute Gasteiger partial charge is 0.346 e.